The summed E-state index contributed by atoms with van der Waals surface area (Å²) in [5.74, 6) is 2.73. The Hall–Kier alpha value is -1.30. The van der Waals surface area contributed by atoms with Crippen molar-refractivity contribution < 1.29 is 0 Å². The number of hydrogen-bond acceptors (Lipinski definition) is 0. The van der Waals surface area contributed by atoms with Gasteiger partial charge in [0.15, 0.2) is 0 Å². The van der Waals surface area contributed by atoms with Crippen LogP contribution in [-0.2, 0) is 6.42 Å². The summed E-state index contributed by atoms with van der Waals surface area (Å²) < 4.78 is 0. The molecule has 2 aliphatic rings. The Morgan fingerprint density at radius 1 is 0.639 bits per heavy atom. The predicted octanol–water partition coefficient (Wildman–Crippen LogP) is 11.9. The normalized spacial score (nSPS) is 22.1. The first-order valence-electron chi connectivity index (χ1n) is 16.3. The van der Waals surface area contributed by atoms with Crippen molar-refractivity contribution in [3.8, 4) is 0 Å². The first-order valence-corrected chi connectivity index (χ1v) is 16.3. The highest BCUT2D eigenvalue weighted by Gasteiger charge is 2.26. The molecule has 202 valence electrons. The van der Waals surface area contributed by atoms with Gasteiger partial charge >= 0.3 is 0 Å². The lowest BCUT2D eigenvalue weighted by atomic mass is 9.72. The first-order chi connectivity index (χ1) is 17.8. The van der Waals surface area contributed by atoms with Crippen LogP contribution in [0.3, 0.4) is 0 Å². The van der Waals surface area contributed by atoms with Crippen molar-refractivity contribution in [3.63, 3.8) is 0 Å². The summed E-state index contributed by atoms with van der Waals surface area (Å²) in [6.45, 7) is 4.61. The van der Waals surface area contributed by atoms with Crippen LogP contribution in [0.4, 0.5) is 0 Å². The summed E-state index contributed by atoms with van der Waals surface area (Å²) in [5.41, 5.74) is 4.37. The topological polar surface area (TPSA) is 0 Å². The van der Waals surface area contributed by atoms with Crippen LogP contribution in [0.25, 0.3) is 5.57 Å². The largest absolute Gasteiger partial charge is 0.0802 e. The van der Waals surface area contributed by atoms with E-state index in [0.717, 1.165) is 17.8 Å². The van der Waals surface area contributed by atoms with Crippen molar-refractivity contribution in [1.82, 2.24) is 0 Å². The number of rotatable bonds is 18. The molecule has 1 fully saturated rings. The fourth-order valence-electron chi connectivity index (χ4n) is 6.65. The highest BCUT2D eigenvalue weighted by Crippen LogP contribution is 2.39. The third-order valence-corrected chi connectivity index (χ3v) is 9.20. The highest BCUT2D eigenvalue weighted by atomic mass is 14.3. The molecule has 1 unspecified atom stereocenters. The second-order valence-corrected chi connectivity index (χ2v) is 12.2. The Morgan fingerprint density at radius 2 is 1.22 bits per heavy atom. The molecule has 1 atom stereocenters. The summed E-state index contributed by atoms with van der Waals surface area (Å²) in [6.07, 6.45) is 37.3. The Morgan fingerprint density at radius 3 is 1.81 bits per heavy atom. The van der Waals surface area contributed by atoms with E-state index in [1.165, 1.54) is 152 Å². The molecule has 0 nitrogen and oxygen atoms in total. The van der Waals surface area contributed by atoms with E-state index in [0.29, 0.717) is 0 Å². The minimum absolute atomic E-state index is 0.782. The summed E-state index contributed by atoms with van der Waals surface area (Å²) in [6, 6.07) is 9.49. The fraction of sp³-hybridized carbons (Fsp3) is 0.722. The molecule has 0 spiro atoms. The highest BCUT2D eigenvalue weighted by molar-refractivity contribution is 5.75. The molecule has 2 aliphatic carbocycles. The molecule has 1 aromatic carbocycles. The summed E-state index contributed by atoms with van der Waals surface area (Å²) in [7, 11) is 0. The number of aryl methyl sites for hydroxylation is 1. The molecule has 1 saturated carbocycles. The molecule has 1 aromatic rings. The second kappa shape index (κ2) is 18.0. The zero-order valence-corrected chi connectivity index (χ0v) is 24.1. The van der Waals surface area contributed by atoms with Crippen LogP contribution in [0.5, 0.6) is 0 Å². The van der Waals surface area contributed by atoms with Crippen LogP contribution in [0.2, 0.25) is 0 Å². The monoisotopic (exact) mass is 490 g/mol. The Balaban J connectivity index is 1.29. The molecule has 0 saturated heterocycles. The molecule has 0 N–H and O–H groups in total. The second-order valence-electron chi connectivity index (χ2n) is 12.2. The molecule has 0 amide bonds. The van der Waals surface area contributed by atoms with Crippen molar-refractivity contribution in [3.05, 3.63) is 53.6 Å². The van der Waals surface area contributed by atoms with E-state index in [4.69, 9.17) is 0 Å². The molecule has 0 aliphatic heterocycles. The number of unbranched alkanes of at least 4 members (excludes halogenated alkanes) is 12. The quantitative estimate of drug-likeness (QED) is 0.179. The van der Waals surface area contributed by atoms with Crippen molar-refractivity contribution in [2.75, 3.05) is 0 Å². The third kappa shape index (κ3) is 11.0. The van der Waals surface area contributed by atoms with Crippen molar-refractivity contribution >= 4 is 5.57 Å². The third-order valence-electron chi connectivity index (χ3n) is 9.20. The standard InChI is InChI=1S/C36H58/c1-3-5-7-9-11-12-14-16-18-32-21-25-34(26-22-32)36-29-27-35(28-30-36)33-23-19-31(20-24-33)17-15-13-10-8-6-4-2/h21-22,25-27,29-31,33,35H,3-20,23-24,28H2,1-2H3. The molecule has 0 heteroatoms. The zero-order valence-electron chi connectivity index (χ0n) is 24.1. The van der Waals surface area contributed by atoms with Gasteiger partial charge in [-0.2, -0.15) is 0 Å². The lowest BCUT2D eigenvalue weighted by molar-refractivity contribution is 0.218. The zero-order chi connectivity index (χ0) is 25.3. The van der Waals surface area contributed by atoms with Crippen LogP contribution in [0, 0.1) is 17.8 Å². The predicted molar refractivity (Wildman–Crippen MR) is 161 cm³/mol. The number of benzene rings is 1. The van der Waals surface area contributed by atoms with Gasteiger partial charge in [0.2, 0.25) is 0 Å². The van der Waals surface area contributed by atoms with Crippen LogP contribution in [-0.4, -0.2) is 0 Å². The maximum absolute atomic E-state index is 2.56. The summed E-state index contributed by atoms with van der Waals surface area (Å²) in [4.78, 5) is 0. The number of allylic oxidation sites excluding steroid dienone is 4. The average Bonchev–Trinajstić information content (AvgIpc) is 2.93. The minimum Gasteiger partial charge on any atom is -0.0802 e. The maximum Gasteiger partial charge on any atom is -0.0167 e. The maximum atomic E-state index is 2.56. The SMILES string of the molecule is CCCCCCCCCCc1ccc(C2=CCC(C3CCC(CCCCCCCC)CC3)C=C2)cc1. The Kier molecular flexibility index (Phi) is 14.7. The van der Waals surface area contributed by atoms with Gasteiger partial charge in [-0.3, -0.25) is 0 Å². The van der Waals surface area contributed by atoms with E-state index in [9.17, 15) is 0 Å². The van der Waals surface area contributed by atoms with Gasteiger partial charge in [-0.1, -0.05) is 159 Å². The summed E-state index contributed by atoms with van der Waals surface area (Å²) >= 11 is 0. The molecule has 0 bridgehead atoms. The van der Waals surface area contributed by atoms with E-state index in [-0.39, 0.29) is 0 Å². The van der Waals surface area contributed by atoms with Gasteiger partial charge in [0.1, 0.15) is 0 Å². The Bertz CT molecular complexity index is 728. The number of hydrogen-bond donors (Lipinski definition) is 0. The van der Waals surface area contributed by atoms with E-state index >= 15 is 0 Å². The first kappa shape index (κ1) is 29.3. The Labute approximate surface area is 225 Å². The molecule has 0 radical (unpaired) electrons. The fourth-order valence-corrected chi connectivity index (χ4v) is 6.65. The van der Waals surface area contributed by atoms with Gasteiger partial charge < -0.3 is 0 Å². The van der Waals surface area contributed by atoms with E-state index < -0.39 is 0 Å². The smallest absolute Gasteiger partial charge is 0.0167 e. The van der Waals surface area contributed by atoms with Crippen molar-refractivity contribution in [1.29, 1.82) is 0 Å². The van der Waals surface area contributed by atoms with Gasteiger partial charge in [0, 0.05) is 0 Å². The van der Waals surface area contributed by atoms with E-state index in [2.05, 4.69) is 56.3 Å². The van der Waals surface area contributed by atoms with E-state index in [1.54, 1.807) is 0 Å². The van der Waals surface area contributed by atoms with Gasteiger partial charge in [-0.25, -0.2) is 0 Å². The average molecular weight is 491 g/mol. The molecule has 0 heterocycles. The summed E-state index contributed by atoms with van der Waals surface area (Å²) in [5, 5.41) is 0. The van der Waals surface area contributed by atoms with Crippen LogP contribution in [0.1, 0.15) is 153 Å². The van der Waals surface area contributed by atoms with E-state index in [1.807, 2.05) is 0 Å². The molecular weight excluding hydrogens is 432 g/mol. The van der Waals surface area contributed by atoms with Gasteiger partial charge in [0.25, 0.3) is 0 Å². The lowest BCUT2D eigenvalue weighted by Crippen LogP contribution is -2.21. The van der Waals surface area contributed by atoms with Gasteiger partial charge in [0.05, 0.1) is 0 Å². The van der Waals surface area contributed by atoms with Crippen LogP contribution < -0.4 is 0 Å². The molecule has 3 rings (SSSR count). The van der Waals surface area contributed by atoms with Crippen LogP contribution in [0.15, 0.2) is 42.5 Å². The van der Waals surface area contributed by atoms with Gasteiger partial charge in [-0.15, -0.1) is 0 Å². The lowest BCUT2D eigenvalue weighted by Gasteiger charge is -2.33. The van der Waals surface area contributed by atoms with Crippen molar-refractivity contribution in [2.24, 2.45) is 17.8 Å². The van der Waals surface area contributed by atoms with Crippen LogP contribution >= 0.6 is 0 Å². The van der Waals surface area contributed by atoms with Gasteiger partial charge in [-0.05, 0) is 66.6 Å². The minimum atomic E-state index is 0.782. The molecular formula is C36H58. The molecule has 36 heavy (non-hydrogen) atoms. The van der Waals surface area contributed by atoms with Crippen molar-refractivity contribution in [2.45, 2.75) is 149 Å². The molecule has 0 aromatic heterocycles.